The molecule has 4 rings (SSSR count). The molecular formula is C23H16F5NO. The highest BCUT2D eigenvalue weighted by Crippen LogP contribution is 2.40. The zero-order chi connectivity index (χ0) is 21.5. The van der Waals surface area contributed by atoms with Crippen molar-refractivity contribution in [1.82, 2.24) is 4.90 Å². The lowest BCUT2D eigenvalue weighted by Gasteiger charge is -2.34. The van der Waals surface area contributed by atoms with Crippen LogP contribution in [0.1, 0.15) is 22.3 Å². The average molecular weight is 417 g/mol. The number of fused-ring (bicyclic) bond motifs is 1. The first-order valence-electron chi connectivity index (χ1n) is 9.18. The van der Waals surface area contributed by atoms with E-state index >= 15 is 0 Å². The number of hydrogen-bond donors (Lipinski definition) is 0. The first kappa shape index (κ1) is 20.1. The first-order valence-corrected chi connectivity index (χ1v) is 9.18. The van der Waals surface area contributed by atoms with Crippen molar-refractivity contribution in [1.29, 1.82) is 0 Å². The molecule has 30 heavy (non-hydrogen) atoms. The topological polar surface area (TPSA) is 20.3 Å². The van der Waals surface area contributed by atoms with Crippen LogP contribution in [0.25, 0.3) is 11.1 Å². The van der Waals surface area contributed by atoms with Gasteiger partial charge in [-0.3, -0.25) is 4.79 Å². The average Bonchev–Trinajstić information content (AvgIpc) is 2.72. The van der Waals surface area contributed by atoms with Crippen molar-refractivity contribution in [2.24, 2.45) is 0 Å². The van der Waals surface area contributed by atoms with Gasteiger partial charge in [0.2, 0.25) is 0 Å². The SMILES string of the molecule is O=C1N(Cc2ccccc2)Cc2ccc(-c3ccc(C(F)(F)F)cc3)cc2C1(F)F. The molecule has 0 atom stereocenters. The summed E-state index contributed by atoms with van der Waals surface area (Å²) in [5.41, 5.74) is 0.514. The highest BCUT2D eigenvalue weighted by Gasteiger charge is 2.49. The molecule has 0 aromatic heterocycles. The predicted molar refractivity (Wildman–Crippen MR) is 101 cm³/mol. The number of amides is 1. The molecule has 1 aliphatic rings. The summed E-state index contributed by atoms with van der Waals surface area (Å²) in [4.78, 5) is 13.6. The summed E-state index contributed by atoms with van der Waals surface area (Å²) >= 11 is 0. The molecule has 3 aromatic carbocycles. The third-order valence-corrected chi connectivity index (χ3v) is 5.13. The van der Waals surface area contributed by atoms with Crippen LogP contribution in [0.5, 0.6) is 0 Å². The highest BCUT2D eigenvalue weighted by atomic mass is 19.4. The van der Waals surface area contributed by atoms with Crippen molar-refractivity contribution in [2.75, 3.05) is 0 Å². The molecule has 7 heteroatoms. The fourth-order valence-corrected chi connectivity index (χ4v) is 3.56. The Morgan fingerprint density at radius 1 is 0.867 bits per heavy atom. The molecule has 1 aliphatic heterocycles. The molecule has 0 aliphatic carbocycles. The molecule has 154 valence electrons. The van der Waals surface area contributed by atoms with E-state index in [1.165, 1.54) is 24.3 Å². The largest absolute Gasteiger partial charge is 0.416 e. The summed E-state index contributed by atoms with van der Waals surface area (Å²) in [6, 6.07) is 17.4. The van der Waals surface area contributed by atoms with Gasteiger partial charge in [0, 0.05) is 18.7 Å². The Labute approximate surface area is 169 Å². The standard InChI is InChI=1S/C23H16F5NO/c24-22(25)20-12-17(16-8-10-19(11-9-16)23(26,27)28)6-7-18(20)14-29(21(22)30)13-15-4-2-1-3-5-15/h1-12H,13-14H2. The molecule has 0 N–H and O–H groups in total. The molecule has 1 amide bonds. The number of carbonyl (C=O) groups is 1. The van der Waals surface area contributed by atoms with Crippen molar-refractivity contribution in [2.45, 2.75) is 25.2 Å². The van der Waals surface area contributed by atoms with E-state index in [-0.39, 0.29) is 13.1 Å². The Kier molecular flexibility index (Phi) is 4.84. The molecule has 0 spiro atoms. The van der Waals surface area contributed by atoms with Gasteiger partial charge in [0.1, 0.15) is 0 Å². The van der Waals surface area contributed by atoms with Gasteiger partial charge in [-0.15, -0.1) is 0 Å². The second-order valence-corrected chi connectivity index (χ2v) is 7.17. The normalized spacial score (nSPS) is 15.8. The van der Waals surface area contributed by atoms with Crippen molar-refractivity contribution in [3.63, 3.8) is 0 Å². The number of rotatable bonds is 3. The Bertz CT molecular complexity index is 1070. The van der Waals surface area contributed by atoms with Crippen molar-refractivity contribution < 1.29 is 26.7 Å². The molecular weight excluding hydrogens is 401 g/mol. The van der Waals surface area contributed by atoms with E-state index in [9.17, 15) is 26.7 Å². The number of halogens is 5. The molecule has 0 unspecified atom stereocenters. The van der Waals surface area contributed by atoms with E-state index in [0.717, 1.165) is 22.6 Å². The van der Waals surface area contributed by atoms with Crippen LogP contribution in [-0.2, 0) is 30.0 Å². The maximum atomic E-state index is 14.9. The van der Waals surface area contributed by atoms with Gasteiger partial charge in [0.15, 0.2) is 0 Å². The van der Waals surface area contributed by atoms with Crippen molar-refractivity contribution >= 4 is 5.91 Å². The molecule has 0 fully saturated rings. The summed E-state index contributed by atoms with van der Waals surface area (Å²) in [6.07, 6.45) is -4.48. The van der Waals surface area contributed by atoms with E-state index < -0.39 is 29.1 Å². The second kappa shape index (κ2) is 7.23. The Hall–Kier alpha value is -3.22. The highest BCUT2D eigenvalue weighted by molar-refractivity contribution is 5.87. The number of nitrogens with zero attached hydrogens (tertiary/aromatic N) is 1. The smallest absolute Gasteiger partial charge is 0.328 e. The Balaban J connectivity index is 1.66. The van der Waals surface area contributed by atoms with Crippen LogP contribution < -0.4 is 0 Å². The predicted octanol–water partition coefficient (Wildman–Crippen LogP) is 6.01. The number of hydrogen-bond acceptors (Lipinski definition) is 1. The summed E-state index contributed by atoms with van der Waals surface area (Å²) in [7, 11) is 0. The van der Waals surface area contributed by atoms with E-state index in [0.29, 0.717) is 16.7 Å². The molecule has 0 bridgehead atoms. The van der Waals surface area contributed by atoms with Gasteiger partial charge in [-0.05, 0) is 40.5 Å². The lowest BCUT2D eigenvalue weighted by atomic mass is 9.91. The van der Waals surface area contributed by atoms with Gasteiger partial charge in [0.05, 0.1) is 5.56 Å². The minimum Gasteiger partial charge on any atom is -0.328 e. The third-order valence-electron chi connectivity index (χ3n) is 5.13. The Morgan fingerprint density at radius 3 is 2.13 bits per heavy atom. The molecule has 0 saturated carbocycles. The van der Waals surface area contributed by atoms with E-state index in [1.807, 2.05) is 0 Å². The minimum absolute atomic E-state index is 0.0337. The van der Waals surface area contributed by atoms with Gasteiger partial charge < -0.3 is 4.90 Å². The van der Waals surface area contributed by atoms with Crippen LogP contribution in [0, 0.1) is 0 Å². The van der Waals surface area contributed by atoms with Crippen LogP contribution >= 0.6 is 0 Å². The summed E-state index contributed by atoms with van der Waals surface area (Å²) in [5.74, 6) is -5.01. The Morgan fingerprint density at radius 2 is 1.50 bits per heavy atom. The van der Waals surface area contributed by atoms with Gasteiger partial charge in [-0.2, -0.15) is 22.0 Å². The second-order valence-electron chi connectivity index (χ2n) is 7.17. The fraction of sp³-hybridized carbons (Fsp3) is 0.174. The summed E-state index contributed by atoms with van der Waals surface area (Å²) < 4.78 is 68.1. The van der Waals surface area contributed by atoms with Gasteiger partial charge in [0.25, 0.3) is 5.91 Å². The monoisotopic (exact) mass is 417 g/mol. The molecule has 2 nitrogen and oxygen atoms in total. The third kappa shape index (κ3) is 3.67. The maximum absolute atomic E-state index is 14.9. The zero-order valence-electron chi connectivity index (χ0n) is 15.6. The van der Waals surface area contributed by atoms with E-state index in [1.54, 1.807) is 36.4 Å². The van der Waals surface area contributed by atoms with Gasteiger partial charge >= 0.3 is 12.1 Å². The fourth-order valence-electron chi connectivity index (χ4n) is 3.56. The number of benzene rings is 3. The molecule has 0 radical (unpaired) electrons. The molecule has 1 heterocycles. The van der Waals surface area contributed by atoms with E-state index in [2.05, 4.69) is 0 Å². The lowest BCUT2D eigenvalue weighted by molar-refractivity contribution is -0.163. The van der Waals surface area contributed by atoms with Crippen LogP contribution in [0.2, 0.25) is 0 Å². The minimum atomic E-state index is -4.48. The quantitative estimate of drug-likeness (QED) is 0.478. The number of alkyl halides is 5. The van der Waals surface area contributed by atoms with Gasteiger partial charge in [-0.25, -0.2) is 0 Å². The van der Waals surface area contributed by atoms with Crippen LogP contribution in [0.4, 0.5) is 22.0 Å². The molecule has 3 aromatic rings. The van der Waals surface area contributed by atoms with Crippen molar-refractivity contribution in [3.05, 3.63) is 95.1 Å². The number of carbonyl (C=O) groups excluding carboxylic acids is 1. The van der Waals surface area contributed by atoms with Crippen LogP contribution in [-0.4, -0.2) is 10.8 Å². The summed E-state index contributed by atoms with van der Waals surface area (Å²) in [5, 5.41) is 0. The molecule has 0 saturated heterocycles. The lowest BCUT2D eigenvalue weighted by Crippen LogP contribution is -2.45. The van der Waals surface area contributed by atoms with Crippen LogP contribution in [0.3, 0.4) is 0 Å². The maximum Gasteiger partial charge on any atom is 0.416 e. The van der Waals surface area contributed by atoms with E-state index in [4.69, 9.17) is 0 Å². The van der Waals surface area contributed by atoms with Crippen molar-refractivity contribution in [3.8, 4) is 11.1 Å². The van der Waals surface area contributed by atoms with Crippen LogP contribution in [0.15, 0.2) is 72.8 Å². The summed E-state index contributed by atoms with van der Waals surface area (Å²) in [6.45, 7) is 0.0985. The zero-order valence-corrected chi connectivity index (χ0v) is 15.6. The van der Waals surface area contributed by atoms with Gasteiger partial charge in [-0.1, -0.05) is 54.6 Å². The first-order chi connectivity index (χ1) is 14.2.